The Balaban J connectivity index is 1.95. The second-order valence-electron chi connectivity index (χ2n) is 5.48. The molecule has 0 atom stereocenters. The van der Waals surface area contributed by atoms with Crippen molar-refractivity contribution in [3.05, 3.63) is 63.7 Å². The molecular weight excluding hydrogens is 338 g/mol. The van der Waals surface area contributed by atoms with Gasteiger partial charge in [-0.05, 0) is 49.7 Å². The van der Waals surface area contributed by atoms with Crippen molar-refractivity contribution in [1.29, 1.82) is 0 Å². The number of carbonyl (C=O) groups is 2. The number of nitrogens with zero attached hydrogens (tertiary/aromatic N) is 1. The predicted molar refractivity (Wildman–Crippen MR) is 97.4 cm³/mol. The van der Waals surface area contributed by atoms with Crippen molar-refractivity contribution in [3.8, 4) is 0 Å². The predicted octanol–water partition coefficient (Wildman–Crippen LogP) is 3.13. The summed E-state index contributed by atoms with van der Waals surface area (Å²) in [4.78, 5) is 34.1. The number of esters is 1. The van der Waals surface area contributed by atoms with Crippen molar-refractivity contribution < 1.29 is 19.2 Å². The Bertz CT molecular complexity index is 818. The molecule has 26 heavy (non-hydrogen) atoms. The van der Waals surface area contributed by atoms with E-state index in [1.165, 1.54) is 12.1 Å². The van der Waals surface area contributed by atoms with Crippen LogP contribution in [-0.2, 0) is 9.53 Å². The standard InChI is InChI=1S/C18H19N3O5/c1-3-26-18(23)13-5-7-14(8-6-13)19-11-17(22)20-15-9-4-12(2)10-16(15)21(24)25/h4-10,19H,3,11H2,1-2H3,(H,20,22). The van der Waals surface area contributed by atoms with Gasteiger partial charge >= 0.3 is 5.97 Å². The second kappa shape index (κ2) is 8.61. The average molecular weight is 357 g/mol. The summed E-state index contributed by atoms with van der Waals surface area (Å²) < 4.78 is 4.89. The summed E-state index contributed by atoms with van der Waals surface area (Å²) in [6.07, 6.45) is 0. The zero-order valence-electron chi connectivity index (χ0n) is 14.4. The first-order valence-electron chi connectivity index (χ1n) is 7.96. The van der Waals surface area contributed by atoms with E-state index in [0.717, 1.165) is 5.56 Å². The van der Waals surface area contributed by atoms with Crippen LogP contribution in [0, 0.1) is 17.0 Å². The van der Waals surface area contributed by atoms with Gasteiger partial charge in [0.25, 0.3) is 5.69 Å². The zero-order chi connectivity index (χ0) is 19.1. The number of hydrogen-bond acceptors (Lipinski definition) is 6. The number of nitrogens with one attached hydrogen (secondary N) is 2. The fourth-order valence-corrected chi connectivity index (χ4v) is 2.21. The minimum absolute atomic E-state index is 0.0796. The lowest BCUT2D eigenvalue weighted by Gasteiger charge is -2.09. The molecule has 8 nitrogen and oxygen atoms in total. The highest BCUT2D eigenvalue weighted by Crippen LogP contribution is 2.25. The molecule has 136 valence electrons. The van der Waals surface area contributed by atoms with Gasteiger partial charge in [0.15, 0.2) is 0 Å². The Labute approximate surface area is 150 Å². The SMILES string of the molecule is CCOC(=O)c1ccc(NCC(=O)Nc2ccc(C)cc2[N+](=O)[O-])cc1. The molecule has 1 amide bonds. The van der Waals surface area contributed by atoms with E-state index in [4.69, 9.17) is 4.74 Å². The molecule has 0 radical (unpaired) electrons. The number of aryl methyl sites for hydroxylation is 1. The lowest BCUT2D eigenvalue weighted by Crippen LogP contribution is -2.22. The molecule has 2 N–H and O–H groups in total. The molecule has 2 rings (SSSR count). The van der Waals surface area contributed by atoms with Crippen LogP contribution in [0.5, 0.6) is 0 Å². The fraction of sp³-hybridized carbons (Fsp3) is 0.222. The summed E-state index contributed by atoms with van der Waals surface area (Å²) in [5.74, 6) is -0.838. The largest absolute Gasteiger partial charge is 0.462 e. The topological polar surface area (TPSA) is 111 Å². The summed E-state index contributed by atoms with van der Waals surface area (Å²) in [6, 6.07) is 11.1. The van der Waals surface area contributed by atoms with Gasteiger partial charge in [0.1, 0.15) is 5.69 Å². The van der Waals surface area contributed by atoms with Gasteiger partial charge in [-0.2, -0.15) is 0 Å². The van der Waals surface area contributed by atoms with Crippen molar-refractivity contribution in [3.63, 3.8) is 0 Å². The summed E-state index contributed by atoms with van der Waals surface area (Å²) in [7, 11) is 0. The molecule has 0 unspecified atom stereocenters. The third-order valence-corrected chi connectivity index (χ3v) is 3.47. The van der Waals surface area contributed by atoms with Crippen LogP contribution in [0.3, 0.4) is 0 Å². The van der Waals surface area contributed by atoms with Crippen molar-refractivity contribution in [1.82, 2.24) is 0 Å². The van der Waals surface area contributed by atoms with E-state index in [1.807, 2.05) is 0 Å². The van der Waals surface area contributed by atoms with E-state index < -0.39 is 16.8 Å². The second-order valence-corrected chi connectivity index (χ2v) is 5.48. The van der Waals surface area contributed by atoms with E-state index in [2.05, 4.69) is 10.6 Å². The van der Waals surface area contributed by atoms with Crippen molar-refractivity contribution >= 4 is 28.9 Å². The maximum atomic E-state index is 12.0. The molecule has 0 heterocycles. The molecule has 2 aromatic carbocycles. The Hall–Kier alpha value is -3.42. The number of carbonyl (C=O) groups excluding carboxylic acids is 2. The van der Waals surface area contributed by atoms with Crippen LogP contribution in [-0.4, -0.2) is 30.0 Å². The average Bonchev–Trinajstić information content (AvgIpc) is 2.62. The summed E-state index contributed by atoms with van der Waals surface area (Å²) in [5, 5.41) is 16.5. The lowest BCUT2D eigenvalue weighted by atomic mass is 10.2. The van der Waals surface area contributed by atoms with E-state index in [9.17, 15) is 19.7 Å². The highest BCUT2D eigenvalue weighted by Gasteiger charge is 2.15. The molecule has 0 fully saturated rings. The van der Waals surface area contributed by atoms with Crippen LogP contribution in [0.1, 0.15) is 22.8 Å². The monoisotopic (exact) mass is 357 g/mol. The smallest absolute Gasteiger partial charge is 0.338 e. The van der Waals surface area contributed by atoms with Crippen LogP contribution < -0.4 is 10.6 Å². The van der Waals surface area contributed by atoms with Crippen LogP contribution in [0.25, 0.3) is 0 Å². The third kappa shape index (κ3) is 5.04. The fourth-order valence-electron chi connectivity index (χ4n) is 2.21. The van der Waals surface area contributed by atoms with Gasteiger partial charge in [0.05, 0.1) is 23.6 Å². The van der Waals surface area contributed by atoms with Crippen molar-refractivity contribution in [2.75, 3.05) is 23.8 Å². The number of amides is 1. The molecule has 0 aromatic heterocycles. The van der Waals surface area contributed by atoms with Crippen molar-refractivity contribution in [2.24, 2.45) is 0 Å². The van der Waals surface area contributed by atoms with Crippen LogP contribution >= 0.6 is 0 Å². The number of nitro benzene ring substituents is 1. The molecule has 0 aliphatic rings. The Kier molecular flexibility index (Phi) is 6.26. The molecule has 2 aromatic rings. The Morgan fingerprint density at radius 1 is 1.15 bits per heavy atom. The minimum atomic E-state index is -0.538. The normalized spacial score (nSPS) is 10.1. The molecule has 0 aliphatic carbocycles. The Morgan fingerprint density at radius 3 is 2.46 bits per heavy atom. The van der Waals surface area contributed by atoms with E-state index in [-0.39, 0.29) is 17.9 Å². The summed E-state index contributed by atoms with van der Waals surface area (Å²) in [6.45, 7) is 3.68. The first-order valence-corrected chi connectivity index (χ1v) is 7.96. The quantitative estimate of drug-likeness (QED) is 0.447. The molecule has 0 bridgehead atoms. The number of benzene rings is 2. The molecule has 0 spiro atoms. The summed E-state index contributed by atoms with van der Waals surface area (Å²) >= 11 is 0. The van der Waals surface area contributed by atoms with E-state index in [0.29, 0.717) is 17.9 Å². The number of anilines is 2. The van der Waals surface area contributed by atoms with Gasteiger partial charge < -0.3 is 15.4 Å². The minimum Gasteiger partial charge on any atom is -0.462 e. The van der Waals surface area contributed by atoms with Gasteiger partial charge in [-0.25, -0.2) is 4.79 Å². The molecule has 0 saturated carbocycles. The molecule has 8 heteroatoms. The first-order chi connectivity index (χ1) is 12.4. The highest BCUT2D eigenvalue weighted by atomic mass is 16.6. The molecular formula is C18H19N3O5. The summed E-state index contributed by atoms with van der Waals surface area (Å²) in [5.41, 5.74) is 1.76. The first kappa shape index (κ1) is 18.9. The van der Waals surface area contributed by atoms with Gasteiger partial charge in [-0.15, -0.1) is 0 Å². The number of nitro groups is 1. The number of ether oxygens (including phenoxy) is 1. The van der Waals surface area contributed by atoms with Gasteiger partial charge in [0.2, 0.25) is 5.91 Å². The van der Waals surface area contributed by atoms with Crippen LogP contribution in [0.4, 0.5) is 17.1 Å². The highest BCUT2D eigenvalue weighted by molar-refractivity contribution is 5.96. The van der Waals surface area contributed by atoms with Crippen LogP contribution in [0.15, 0.2) is 42.5 Å². The molecule has 0 aliphatic heterocycles. The molecule has 0 saturated heterocycles. The Morgan fingerprint density at radius 2 is 1.85 bits per heavy atom. The van der Waals surface area contributed by atoms with Crippen molar-refractivity contribution in [2.45, 2.75) is 13.8 Å². The van der Waals surface area contributed by atoms with Gasteiger partial charge in [0, 0.05) is 11.8 Å². The maximum Gasteiger partial charge on any atom is 0.338 e. The third-order valence-electron chi connectivity index (χ3n) is 3.47. The number of rotatable bonds is 7. The van der Waals surface area contributed by atoms with E-state index in [1.54, 1.807) is 44.2 Å². The van der Waals surface area contributed by atoms with E-state index >= 15 is 0 Å². The van der Waals surface area contributed by atoms with Crippen LogP contribution in [0.2, 0.25) is 0 Å². The zero-order valence-corrected chi connectivity index (χ0v) is 14.4. The lowest BCUT2D eigenvalue weighted by molar-refractivity contribution is -0.384. The number of hydrogen-bond donors (Lipinski definition) is 2. The van der Waals surface area contributed by atoms with Gasteiger partial charge in [-0.3, -0.25) is 14.9 Å². The maximum absolute atomic E-state index is 12.0. The van der Waals surface area contributed by atoms with Gasteiger partial charge in [-0.1, -0.05) is 6.07 Å².